The van der Waals surface area contributed by atoms with Gasteiger partial charge in [0.1, 0.15) is 18.1 Å². The van der Waals surface area contributed by atoms with Crippen molar-refractivity contribution in [3.05, 3.63) is 35.9 Å². The average Bonchev–Trinajstić information content (AvgIpc) is 3.87. The summed E-state index contributed by atoms with van der Waals surface area (Å²) in [6.45, 7) is 17.0. The highest BCUT2D eigenvalue weighted by atomic mass is 16.4. The van der Waals surface area contributed by atoms with E-state index in [-0.39, 0.29) is 30.0 Å². The summed E-state index contributed by atoms with van der Waals surface area (Å²) in [5.41, 5.74) is 97.1. The van der Waals surface area contributed by atoms with Crippen LogP contribution in [0.1, 0.15) is 97.5 Å². The van der Waals surface area contributed by atoms with Crippen molar-refractivity contribution in [1.82, 2.24) is 4.90 Å². The van der Waals surface area contributed by atoms with Crippen LogP contribution in [-0.4, -0.2) is 164 Å². The molecule has 0 amide bonds. The average molecular weight is 1020 g/mol. The number of carboxylic acids is 3. The van der Waals surface area contributed by atoms with Gasteiger partial charge in [0.2, 0.25) is 0 Å². The number of benzene rings is 1. The molecule has 3 aliphatic rings. The number of rotatable bonds is 20. The lowest BCUT2D eigenvalue weighted by atomic mass is 9.69. The SMILES string of the molecule is CC(C)(CN)CN.CC(N)CCN.CCC(N)CCN.NC(CC(N)C(=O)O)C(=O)O.NC1CC1N.NC1CN(Cc2ccccc2)CC1N.NCC1(CN)CCC1.NCCC(N)C(=O)O.NCCCN. The van der Waals surface area contributed by atoms with Crippen LogP contribution in [0.3, 0.4) is 0 Å². The molecule has 2 aliphatic carbocycles. The lowest BCUT2D eigenvalue weighted by Gasteiger charge is -2.39. The van der Waals surface area contributed by atoms with Crippen molar-refractivity contribution < 1.29 is 29.7 Å². The summed E-state index contributed by atoms with van der Waals surface area (Å²) in [6.07, 6.45) is 8.81. The van der Waals surface area contributed by atoms with Crippen LogP contribution in [0.4, 0.5) is 0 Å². The van der Waals surface area contributed by atoms with E-state index in [1.54, 1.807) is 0 Å². The van der Waals surface area contributed by atoms with Crippen LogP contribution in [0.5, 0.6) is 0 Å². The molecule has 0 radical (unpaired) electrons. The Balaban J connectivity index is -0.000000235. The Bertz CT molecular complexity index is 1320. The second-order valence-corrected chi connectivity index (χ2v) is 18.8. The Morgan fingerprint density at radius 2 is 1.03 bits per heavy atom. The van der Waals surface area contributed by atoms with Crippen molar-refractivity contribution >= 4 is 17.9 Å². The van der Waals surface area contributed by atoms with Crippen molar-refractivity contribution in [2.75, 3.05) is 72.0 Å². The molecule has 0 spiro atoms. The summed E-state index contributed by atoms with van der Waals surface area (Å²) < 4.78 is 0. The van der Waals surface area contributed by atoms with E-state index < -0.39 is 36.0 Å². The van der Waals surface area contributed by atoms with Crippen molar-refractivity contribution in [3.63, 3.8) is 0 Å². The Hall–Kier alpha value is -3.13. The molecule has 9 atom stereocenters. The predicted molar refractivity (Wildman–Crippen MR) is 292 cm³/mol. The molecule has 3 fully saturated rings. The third-order valence-corrected chi connectivity index (χ3v) is 11.0. The van der Waals surface area contributed by atoms with Gasteiger partial charge in [0.15, 0.2) is 0 Å². The Morgan fingerprint density at radius 1 is 0.634 bits per heavy atom. The first-order valence-corrected chi connectivity index (χ1v) is 24.7. The summed E-state index contributed by atoms with van der Waals surface area (Å²) in [5, 5.41) is 24.6. The molecule has 1 aromatic carbocycles. The maximum atomic E-state index is 10.1. The van der Waals surface area contributed by atoms with E-state index >= 15 is 0 Å². The predicted octanol–water partition coefficient (Wildman–Crippen LogP) is -4.80. The number of nitrogens with zero attached hydrogens (tertiary/aromatic N) is 1. The van der Waals surface area contributed by atoms with Gasteiger partial charge in [0.05, 0.1) is 0 Å². The summed E-state index contributed by atoms with van der Waals surface area (Å²) >= 11 is 0. The molecule has 4 rings (SSSR count). The third kappa shape index (κ3) is 48.9. The van der Waals surface area contributed by atoms with E-state index in [1.807, 2.05) is 26.8 Å². The van der Waals surface area contributed by atoms with E-state index in [4.69, 9.17) is 119 Å². The molecule has 1 heterocycles. The molecule has 424 valence electrons. The number of carboxylic acid groups (broad SMARTS) is 3. The first kappa shape index (κ1) is 76.8. The summed E-state index contributed by atoms with van der Waals surface area (Å²) in [4.78, 5) is 32.4. The standard InChI is InChI=1S/C11H17N3.C6H14N2.C5H10N2O4.2C5H14N2.C4H10N2O2.C4H12N2.C3H8N2.C3H10N2/c12-10-7-14(8-11(10)13)6-9-4-2-1-3-5-9;7-4-6(5-8)2-1-3-6;6-2(4(8)9)1-3(7)5(10)11;1-5(2,3-6)4-7;1-2-5(7)3-4-6;5-2-1-3(6)4(7)8;1-4(6)2-3-5;4-2-1-3(2)5;4-2-1-3-5/h1-5,10-11H,6-8,12-13H2;1-5,7-8H2;2-3H,1,6-7H2,(H,8,9)(H,10,11);3-4,6-7H2,1-2H3;5H,2-4,6-7H2,1H3;3H,1-2,5-6H2,(H,7,8);4H,2-3,5-6H2,1H3;2-3H,1,4-5H2;1-5H2. The minimum absolute atomic E-state index is 0.138. The summed E-state index contributed by atoms with van der Waals surface area (Å²) in [5.74, 6) is -3.49. The minimum Gasteiger partial charge on any atom is -0.480 e. The molecule has 1 aliphatic heterocycles. The van der Waals surface area contributed by atoms with Gasteiger partial charge in [-0.15, -0.1) is 0 Å². The second kappa shape index (κ2) is 47.8. The second-order valence-electron chi connectivity index (χ2n) is 18.8. The molecule has 71 heavy (non-hydrogen) atoms. The number of carbonyl (C=O) groups is 3. The molecule has 39 N–H and O–H groups in total. The van der Waals surface area contributed by atoms with Gasteiger partial charge in [-0.1, -0.05) is 57.5 Å². The summed E-state index contributed by atoms with van der Waals surface area (Å²) in [7, 11) is 0. The number of hydrogen-bond donors (Lipinski definition) is 21. The molecule has 9 unspecified atom stereocenters. The van der Waals surface area contributed by atoms with Crippen LogP contribution in [0.2, 0.25) is 0 Å². The van der Waals surface area contributed by atoms with E-state index in [0.717, 1.165) is 84.5 Å². The first-order valence-electron chi connectivity index (χ1n) is 24.7. The zero-order valence-corrected chi connectivity index (χ0v) is 44.0. The lowest BCUT2D eigenvalue weighted by Crippen LogP contribution is -2.43. The van der Waals surface area contributed by atoms with Crippen LogP contribution in [0.15, 0.2) is 30.3 Å². The number of hydrogen-bond acceptors (Lipinski definition) is 22. The monoisotopic (exact) mass is 1020 g/mol. The molecule has 0 aromatic heterocycles. The van der Waals surface area contributed by atoms with Crippen molar-refractivity contribution in [3.8, 4) is 0 Å². The molecule has 0 bridgehead atoms. The van der Waals surface area contributed by atoms with Gasteiger partial charge in [-0.3, -0.25) is 19.3 Å². The fourth-order valence-corrected chi connectivity index (χ4v) is 4.98. The maximum Gasteiger partial charge on any atom is 0.320 e. The Morgan fingerprint density at radius 3 is 1.20 bits per heavy atom. The van der Waals surface area contributed by atoms with Crippen LogP contribution in [0, 0.1) is 10.8 Å². The third-order valence-electron chi connectivity index (χ3n) is 11.0. The topological polar surface area (TPSA) is 583 Å². The molecule has 1 aromatic rings. The van der Waals surface area contributed by atoms with Crippen molar-refractivity contribution in [2.24, 2.45) is 114 Å². The van der Waals surface area contributed by atoms with E-state index in [0.29, 0.717) is 56.1 Å². The van der Waals surface area contributed by atoms with Gasteiger partial charge >= 0.3 is 17.9 Å². The number of aliphatic carboxylic acids is 3. The molecular formula is C46H109N19O6. The Kier molecular flexibility index (Phi) is 51.7. The van der Waals surface area contributed by atoms with E-state index in [1.165, 1.54) is 24.8 Å². The smallest absolute Gasteiger partial charge is 0.320 e. The maximum absolute atomic E-state index is 10.1. The quantitative estimate of drug-likeness (QED) is 0.0583. The highest BCUT2D eigenvalue weighted by Gasteiger charge is 2.33. The first-order chi connectivity index (χ1) is 33.1. The van der Waals surface area contributed by atoms with Gasteiger partial charge in [0, 0.05) is 55.9 Å². The normalized spacial score (nSPS) is 20.1. The highest BCUT2D eigenvalue weighted by molar-refractivity contribution is 5.77. The zero-order chi connectivity index (χ0) is 56.2. The summed E-state index contributed by atoms with van der Waals surface area (Å²) in [6, 6.07) is 8.75. The fourth-order valence-electron chi connectivity index (χ4n) is 4.98. The largest absolute Gasteiger partial charge is 0.480 e. The van der Waals surface area contributed by atoms with Crippen LogP contribution in [-0.2, 0) is 20.9 Å². The minimum atomic E-state index is -1.25. The molecule has 1 saturated heterocycles. The van der Waals surface area contributed by atoms with Gasteiger partial charge in [0.25, 0.3) is 0 Å². The highest BCUT2D eigenvalue weighted by Crippen LogP contribution is 2.38. The molecule has 25 nitrogen and oxygen atoms in total. The van der Waals surface area contributed by atoms with Gasteiger partial charge < -0.3 is 119 Å². The number of likely N-dealkylation sites (tertiary alicyclic amines) is 1. The van der Waals surface area contributed by atoms with Crippen molar-refractivity contribution in [1.29, 1.82) is 0 Å². The zero-order valence-electron chi connectivity index (χ0n) is 44.0. The van der Waals surface area contributed by atoms with E-state index in [2.05, 4.69) is 36.1 Å². The van der Waals surface area contributed by atoms with Crippen molar-refractivity contribution in [2.45, 2.75) is 153 Å². The van der Waals surface area contributed by atoms with E-state index in [9.17, 15) is 14.4 Å². The van der Waals surface area contributed by atoms with Gasteiger partial charge in [-0.05, 0) is 140 Å². The van der Waals surface area contributed by atoms with Crippen LogP contribution in [0.25, 0.3) is 0 Å². The van der Waals surface area contributed by atoms with Gasteiger partial charge in [-0.25, -0.2) is 0 Å². The fraction of sp³-hybridized carbons (Fsp3) is 0.804. The van der Waals surface area contributed by atoms with Crippen LogP contribution >= 0.6 is 0 Å². The van der Waals surface area contributed by atoms with Crippen LogP contribution < -0.4 is 103 Å². The lowest BCUT2D eigenvalue weighted by molar-refractivity contribution is -0.141. The molecule has 2 saturated carbocycles. The Labute approximate surface area is 426 Å². The molecular weight excluding hydrogens is 915 g/mol. The molecule has 25 heteroatoms. The van der Waals surface area contributed by atoms with Gasteiger partial charge in [-0.2, -0.15) is 0 Å². The number of nitrogens with two attached hydrogens (primary N) is 18.